The molecule has 0 saturated carbocycles. The quantitative estimate of drug-likeness (QED) is 0.927. The summed E-state index contributed by atoms with van der Waals surface area (Å²) >= 11 is 7.15. The summed E-state index contributed by atoms with van der Waals surface area (Å²) in [5.41, 5.74) is 0. The Bertz CT molecular complexity index is 517. The maximum atomic E-state index is 12.2. The largest absolute Gasteiger partial charge is 0.481 e. The third kappa shape index (κ3) is 3.12. The van der Waals surface area contributed by atoms with E-state index >= 15 is 0 Å². The van der Waals surface area contributed by atoms with Gasteiger partial charge in [-0.25, -0.2) is 4.98 Å². The molecule has 1 saturated heterocycles. The summed E-state index contributed by atoms with van der Waals surface area (Å²) in [6, 6.07) is -0.506. The summed E-state index contributed by atoms with van der Waals surface area (Å²) < 4.78 is 0.506. The first kappa shape index (κ1) is 15.3. The molecule has 1 aliphatic rings. The first-order valence-corrected chi connectivity index (χ1v) is 7.73. The van der Waals surface area contributed by atoms with Crippen LogP contribution in [0.15, 0.2) is 6.20 Å². The van der Waals surface area contributed by atoms with Crippen LogP contribution in [0.25, 0.3) is 0 Å². The number of hydrogen-bond acceptors (Lipinski definition) is 4. The van der Waals surface area contributed by atoms with E-state index in [9.17, 15) is 14.7 Å². The van der Waals surface area contributed by atoms with Crippen LogP contribution < -0.4 is 0 Å². The number of aromatic nitrogens is 1. The van der Waals surface area contributed by atoms with Crippen LogP contribution in [0.3, 0.4) is 0 Å². The van der Waals surface area contributed by atoms with Gasteiger partial charge in [-0.3, -0.25) is 9.59 Å². The van der Waals surface area contributed by atoms with Gasteiger partial charge in [0.25, 0.3) is 0 Å². The van der Waals surface area contributed by atoms with Gasteiger partial charge in [0, 0.05) is 13.0 Å². The molecule has 110 valence electrons. The van der Waals surface area contributed by atoms with Crippen molar-refractivity contribution in [1.82, 2.24) is 9.88 Å². The fourth-order valence-electron chi connectivity index (χ4n) is 2.53. The Kier molecular flexibility index (Phi) is 4.65. The molecule has 0 spiro atoms. The van der Waals surface area contributed by atoms with E-state index in [1.807, 2.05) is 13.8 Å². The standard InChI is InChI=1S/C13H17ClN2O3S/c1-7(2)6-16-10(17)4-3-8(13(18)19)11(16)12-15-5-9(14)20-12/h5,7-8,11H,3-4,6H2,1-2H3,(H,18,19). The van der Waals surface area contributed by atoms with Gasteiger partial charge < -0.3 is 10.0 Å². The van der Waals surface area contributed by atoms with Gasteiger partial charge in [-0.15, -0.1) is 11.3 Å². The van der Waals surface area contributed by atoms with Gasteiger partial charge in [0.1, 0.15) is 9.34 Å². The minimum atomic E-state index is -0.887. The Morgan fingerprint density at radius 1 is 1.65 bits per heavy atom. The molecule has 1 N–H and O–H groups in total. The lowest BCUT2D eigenvalue weighted by Crippen LogP contribution is -2.46. The average Bonchev–Trinajstić information content (AvgIpc) is 2.77. The molecule has 7 heteroatoms. The molecule has 0 aromatic carbocycles. The molecule has 20 heavy (non-hydrogen) atoms. The predicted octanol–water partition coefficient (Wildman–Crippen LogP) is 2.82. The molecule has 2 rings (SSSR count). The van der Waals surface area contributed by atoms with Crippen LogP contribution in [0.4, 0.5) is 0 Å². The molecule has 1 amide bonds. The summed E-state index contributed by atoms with van der Waals surface area (Å²) in [7, 11) is 0. The van der Waals surface area contributed by atoms with Crippen molar-refractivity contribution in [1.29, 1.82) is 0 Å². The second-order valence-corrected chi connectivity index (χ2v) is 7.06. The average molecular weight is 317 g/mol. The Hall–Kier alpha value is -1.14. The number of thiazole rings is 1. The zero-order valence-corrected chi connectivity index (χ0v) is 12.9. The van der Waals surface area contributed by atoms with Gasteiger partial charge in [0.2, 0.25) is 5.91 Å². The minimum absolute atomic E-state index is 0.00692. The Balaban J connectivity index is 2.38. The van der Waals surface area contributed by atoms with Crippen molar-refractivity contribution in [3.05, 3.63) is 15.5 Å². The zero-order valence-electron chi connectivity index (χ0n) is 11.4. The molecule has 0 aliphatic carbocycles. The van der Waals surface area contributed by atoms with Crippen molar-refractivity contribution < 1.29 is 14.7 Å². The first-order valence-electron chi connectivity index (χ1n) is 6.53. The van der Waals surface area contributed by atoms with Crippen LogP contribution in [0, 0.1) is 11.8 Å². The molecule has 1 aromatic heterocycles. The van der Waals surface area contributed by atoms with Crippen LogP contribution in [-0.4, -0.2) is 33.4 Å². The smallest absolute Gasteiger partial charge is 0.309 e. The van der Waals surface area contributed by atoms with E-state index in [1.54, 1.807) is 4.90 Å². The number of carbonyl (C=O) groups is 2. The maximum absolute atomic E-state index is 12.2. The van der Waals surface area contributed by atoms with Gasteiger partial charge in [0.15, 0.2) is 0 Å². The van der Waals surface area contributed by atoms with Crippen LogP contribution >= 0.6 is 22.9 Å². The van der Waals surface area contributed by atoms with E-state index in [0.717, 1.165) is 0 Å². The van der Waals surface area contributed by atoms with Crippen molar-refractivity contribution in [3.8, 4) is 0 Å². The number of carboxylic acids is 1. The first-order chi connectivity index (χ1) is 9.40. The molecular formula is C13H17ClN2O3S. The van der Waals surface area contributed by atoms with Gasteiger partial charge in [0.05, 0.1) is 18.2 Å². The molecule has 1 fully saturated rings. The van der Waals surface area contributed by atoms with Crippen LogP contribution in [0.1, 0.15) is 37.7 Å². The Morgan fingerprint density at radius 2 is 2.35 bits per heavy atom. The monoisotopic (exact) mass is 316 g/mol. The lowest BCUT2D eigenvalue weighted by molar-refractivity contribution is -0.152. The van der Waals surface area contributed by atoms with E-state index in [2.05, 4.69) is 4.98 Å². The lowest BCUT2D eigenvalue weighted by Gasteiger charge is -2.39. The number of halogens is 1. The topological polar surface area (TPSA) is 70.5 Å². The summed E-state index contributed by atoms with van der Waals surface area (Å²) in [6.07, 6.45) is 2.14. The summed E-state index contributed by atoms with van der Waals surface area (Å²) in [6.45, 7) is 4.54. The third-order valence-electron chi connectivity index (χ3n) is 3.33. The van der Waals surface area contributed by atoms with Crippen LogP contribution in [0.2, 0.25) is 4.34 Å². The molecule has 1 aromatic rings. The predicted molar refractivity (Wildman–Crippen MR) is 76.8 cm³/mol. The SMILES string of the molecule is CC(C)CN1C(=O)CCC(C(=O)O)C1c1ncc(Cl)s1. The number of amides is 1. The van der Waals surface area contributed by atoms with E-state index in [0.29, 0.717) is 22.3 Å². The normalized spacial score (nSPS) is 23.4. The van der Waals surface area contributed by atoms with Gasteiger partial charge in [-0.05, 0) is 12.3 Å². The van der Waals surface area contributed by atoms with Crippen molar-refractivity contribution in [2.24, 2.45) is 11.8 Å². The van der Waals surface area contributed by atoms with Crippen molar-refractivity contribution >= 4 is 34.8 Å². The Labute approximate surface area is 126 Å². The van der Waals surface area contributed by atoms with Crippen molar-refractivity contribution in [2.45, 2.75) is 32.7 Å². The maximum Gasteiger partial charge on any atom is 0.309 e. The van der Waals surface area contributed by atoms with E-state index in [1.165, 1.54) is 17.5 Å². The molecule has 2 atom stereocenters. The highest BCUT2D eigenvalue weighted by Crippen LogP contribution is 2.39. The fourth-order valence-corrected chi connectivity index (χ4v) is 3.64. The van der Waals surface area contributed by atoms with Crippen molar-refractivity contribution in [2.75, 3.05) is 6.54 Å². The molecular weight excluding hydrogens is 300 g/mol. The number of carbonyl (C=O) groups excluding carboxylic acids is 1. The second kappa shape index (κ2) is 6.10. The third-order valence-corrected chi connectivity index (χ3v) is 4.52. The minimum Gasteiger partial charge on any atom is -0.481 e. The summed E-state index contributed by atoms with van der Waals surface area (Å²) in [4.78, 5) is 29.5. The number of aliphatic carboxylic acids is 1. The number of carboxylic acid groups (broad SMARTS) is 1. The van der Waals surface area contributed by atoms with Gasteiger partial charge in [-0.1, -0.05) is 25.4 Å². The second-order valence-electron chi connectivity index (χ2n) is 5.37. The fraction of sp³-hybridized carbons (Fsp3) is 0.615. The molecule has 0 bridgehead atoms. The van der Waals surface area contributed by atoms with Gasteiger partial charge in [-0.2, -0.15) is 0 Å². The number of piperidine rings is 1. The van der Waals surface area contributed by atoms with E-state index in [-0.39, 0.29) is 18.2 Å². The number of nitrogens with zero attached hydrogens (tertiary/aromatic N) is 2. The van der Waals surface area contributed by atoms with E-state index in [4.69, 9.17) is 11.6 Å². The number of likely N-dealkylation sites (tertiary alicyclic amines) is 1. The Morgan fingerprint density at radius 3 is 2.85 bits per heavy atom. The van der Waals surface area contributed by atoms with E-state index < -0.39 is 17.9 Å². The molecule has 5 nitrogen and oxygen atoms in total. The summed E-state index contributed by atoms with van der Waals surface area (Å²) in [5.74, 6) is -1.24. The van der Waals surface area contributed by atoms with Gasteiger partial charge >= 0.3 is 5.97 Å². The number of rotatable bonds is 4. The van der Waals surface area contributed by atoms with Crippen molar-refractivity contribution in [3.63, 3.8) is 0 Å². The molecule has 1 aliphatic heterocycles. The summed E-state index contributed by atoms with van der Waals surface area (Å²) in [5, 5.41) is 10.0. The lowest BCUT2D eigenvalue weighted by atomic mass is 9.88. The highest BCUT2D eigenvalue weighted by atomic mass is 35.5. The number of hydrogen-bond donors (Lipinski definition) is 1. The molecule has 2 unspecified atom stereocenters. The highest BCUT2D eigenvalue weighted by molar-refractivity contribution is 7.15. The highest BCUT2D eigenvalue weighted by Gasteiger charge is 2.42. The molecule has 0 radical (unpaired) electrons. The zero-order chi connectivity index (χ0) is 14.9. The van der Waals surface area contributed by atoms with Crippen LogP contribution in [0.5, 0.6) is 0 Å². The van der Waals surface area contributed by atoms with Crippen LogP contribution in [-0.2, 0) is 9.59 Å². The molecule has 2 heterocycles.